The van der Waals surface area contributed by atoms with Gasteiger partial charge in [-0.15, -0.1) is 10.2 Å². The Morgan fingerprint density at radius 2 is 1.71 bits per heavy atom. The fraction of sp³-hybridized carbons (Fsp3) is 0.375. The van der Waals surface area contributed by atoms with Crippen LogP contribution in [0.1, 0.15) is 48.4 Å². The molecule has 1 aliphatic heterocycles. The SMILES string of the molecule is CC(c1nnc(SCC(=O)c2ccc(NS(C)(=O)=O)cc2)n1-c1ccccc1)N1CCCCC1. The molecule has 1 atom stereocenters. The Hall–Kier alpha value is -2.69. The van der Waals surface area contributed by atoms with Gasteiger partial charge in [-0.1, -0.05) is 36.4 Å². The van der Waals surface area contributed by atoms with Crippen molar-refractivity contribution < 1.29 is 13.2 Å². The molecule has 0 spiro atoms. The number of piperidine rings is 1. The molecule has 1 saturated heterocycles. The van der Waals surface area contributed by atoms with E-state index in [1.165, 1.54) is 31.0 Å². The lowest BCUT2D eigenvalue weighted by molar-refractivity contribution is 0.102. The van der Waals surface area contributed by atoms with Crippen molar-refractivity contribution in [2.45, 2.75) is 37.4 Å². The third kappa shape index (κ3) is 6.05. The number of carbonyl (C=O) groups excluding carboxylic acids is 1. The van der Waals surface area contributed by atoms with E-state index in [2.05, 4.69) is 31.3 Å². The van der Waals surface area contributed by atoms with E-state index in [0.717, 1.165) is 30.9 Å². The maximum Gasteiger partial charge on any atom is 0.229 e. The van der Waals surface area contributed by atoms with E-state index >= 15 is 0 Å². The van der Waals surface area contributed by atoms with Crippen molar-refractivity contribution in [3.05, 3.63) is 66.0 Å². The number of ketones is 1. The highest BCUT2D eigenvalue weighted by Crippen LogP contribution is 2.29. The average Bonchev–Trinajstić information content (AvgIpc) is 3.26. The molecular weight excluding hydrogens is 470 g/mol. The van der Waals surface area contributed by atoms with E-state index < -0.39 is 10.0 Å². The van der Waals surface area contributed by atoms with Crippen LogP contribution in [0.2, 0.25) is 0 Å². The summed E-state index contributed by atoms with van der Waals surface area (Å²) in [7, 11) is -3.36. The lowest BCUT2D eigenvalue weighted by atomic mass is 10.1. The smallest absolute Gasteiger partial charge is 0.229 e. The summed E-state index contributed by atoms with van der Waals surface area (Å²) < 4.78 is 27.2. The molecule has 1 fully saturated rings. The summed E-state index contributed by atoms with van der Waals surface area (Å²) in [6.07, 6.45) is 4.74. The van der Waals surface area contributed by atoms with Crippen molar-refractivity contribution in [2.24, 2.45) is 0 Å². The van der Waals surface area contributed by atoms with Crippen LogP contribution in [0.5, 0.6) is 0 Å². The summed E-state index contributed by atoms with van der Waals surface area (Å²) in [6, 6.07) is 16.5. The minimum Gasteiger partial charge on any atom is -0.294 e. The second-order valence-electron chi connectivity index (χ2n) is 8.45. The average molecular weight is 500 g/mol. The van der Waals surface area contributed by atoms with Gasteiger partial charge in [-0.2, -0.15) is 0 Å². The van der Waals surface area contributed by atoms with E-state index in [1.54, 1.807) is 24.3 Å². The van der Waals surface area contributed by atoms with Crippen molar-refractivity contribution in [2.75, 3.05) is 29.8 Å². The molecule has 4 rings (SSSR count). The maximum absolute atomic E-state index is 12.8. The first kappa shape index (κ1) is 24.4. The molecule has 2 aromatic carbocycles. The molecule has 0 radical (unpaired) electrons. The van der Waals surface area contributed by atoms with Crippen molar-refractivity contribution in [1.29, 1.82) is 0 Å². The highest BCUT2D eigenvalue weighted by atomic mass is 32.2. The topological polar surface area (TPSA) is 97.2 Å². The third-order valence-electron chi connectivity index (χ3n) is 5.83. The number of thioether (sulfide) groups is 1. The number of Topliss-reactive ketones (excluding diaryl/α,β-unsaturated/α-hetero) is 1. The molecule has 0 bridgehead atoms. The standard InChI is InChI=1S/C24H29N5O3S2/c1-18(28-15-7-4-8-16-28)23-25-26-24(29(23)21-9-5-3-6-10-21)33-17-22(30)19-11-13-20(14-12-19)27-34(2,31)32/h3,5-6,9-14,18,27H,4,7-8,15-17H2,1-2H3. The lowest BCUT2D eigenvalue weighted by Crippen LogP contribution is -2.33. The van der Waals surface area contributed by atoms with Gasteiger partial charge in [0.1, 0.15) is 0 Å². The predicted octanol–water partition coefficient (Wildman–Crippen LogP) is 4.16. The number of nitrogens with one attached hydrogen (secondary N) is 1. The van der Waals surface area contributed by atoms with Crippen LogP contribution in [0, 0.1) is 0 Å². The van der Waals surface area contributed by atoms with Gasteiger partial charge in [0.25, 0.3) is 0 Å². The van der Waals surface area contributed by atoms with Crippen LogP contribution in [0.15, 0.2) is 59.8 Å². The normalized spacial score (nSPS) is 15.7. The monoisotopic (exact) mass is 499 g/mol. The van der Waals surface area contributed by atoms with Gasteiger partial charge in [0.05, 0.1) is 18.1 Å². The first-order valence-electron chi connectivity index (χ1n) is 11.3. The first-order valence-corrected chi connectivity index (χ1v) is 14.2. The summed E-state index contributed by atoms with van der Waals surface area (Å²) in [5, 5.41) is 9.66. The number of carbonyl (C=O) groups is 1. The molecule has 0 saturated carbocycles. The van der Waals surface area contributed by atoms with Gasteiger partial charge in [-0.25, -0.2) is 8.42 Å². The van der Waals surface area contributed by atoms with Crippen LogP contribution in [0.3, 0.4) is 0 Å². The van der Waals surface area contributed by atoms with Gasteiger partial charge in [0.15, 0.2) is 16.8 Å². The molecule has 1 N–H and O–H groups in total. The number of para-hydroxylation sites is 1. The Morgan fingerprint density at radius 3 is 2.35 bits per heavy atom. The lowest BCUT2D eigenvalue weighted by Gasteiger charge is -2.31. The molecule has 180 valence electrons. The van der Waals surface area contributed by atoms with Gasteiger partial charge in [-0.05, 0) is 69.3 Å². The number of nitrogens with zero attached hydrogens (tertiary/aromatic N) is 4. The minimum absolute atomic E-state index is 0.0656. The van der Waals surface area contributed by atoms with Gasteiger partial charge in [0.2, 0.25) is 10.0 Å². The Balaban J connectivity index is 1.52. The third-order valence-corrected chi connectivity index (χ3v) is 7.36. The quantitative estimate of drug-likeness (QED) is 0.349. The molecular formula is C24H29N5O3S2. The van der Waals surface area contributed by atoms with Crippen LogP contribution in [0.25, 0.3) is 5.69 Å². The Labute approximate surface area is 204 Å². The van der Waals surface area contributed by atoms with Gasteiger partial charge in [-0.3, -0.25) is 19.0 Å². The molecule has 10 heteroatoms. The molecule has 0 amide bonds. The first-order chi connectivity index (χ1) is 16.3. The van der Waals surface area contributed by atoms with E-state index in [-0.39, 0.29) is 17.6 Å². The minimum atomic E-state index is -3.36. The fourth-order valence-corrected chi connectivity index (χ4v) is 5.50. The molecule has 34 heavy (non-hydrogen) atoms. The zero-order valence-electron chi connectivity index (χ0n) is 19.3. The summed E-state index contributed by atoms with van der Waals surface area (Å²) in [5.41, 5.74) is 1.91. The summed E-state index contributed by atoms with van der Waals surface area (Å²) in [4.78, 5) is 15.3. The number of sulfonamides is 1. The second kappa shape index (κ2) is 10.7. The number of rotatable bonds is 9. The van der Waals surface area contributed by atoms with E-state index in [9.17, 15) is 13.2 Å². The van der Waals surface area contributed by atoms with Crippen LogP contribution in [-0.2, 0) is 10.0 Å². The van der Waals surface area contributed by atoms with E-state index in [1.807, 2.05) is 30.3 Å². The van der Waals surface area contributed by atoms with Crippen LogP contribution >= 0.6 is 11.8 Å². The fourth-order valence-electron chi connectivity index (χ4n) is 4.09. The van der Waals surface area contributed by atoms with Gasteiger partial charge >= 0.3 is 0 Å². The van der Waals surface area contributed by atoms with Crippen molar-refractivity contribution >= 4 is 33.3 Å². The highest BCUT2D eigenvalue weighted by Gasteiger charge is 2.25. The Morgan fingerprint density at radius 1 is 1.03 bits per heavy atom. The Kier molecular flexibility index (Phi) is 7.70. The van der Waals surface area contributed by atoms with Crippen LogP contribution in [0.4, 0.5) is 5.69 Å². The summed E-state index contributed by atoms with van der Waals surface area (Å²) in [6.45, 7) is 4.27. The Bertz CT molecular complexity index is 1220. The predicted molar refractivity (Wildman–Crippen MR) is 135 cm³/mol. The summed E-state index contributed by atoms with van der Waals surface area (Å²) in [5.74, 6) is 1.01. The zero-order chi connectivity index (χ0) is 24.1. The largest absolute Gasteiger partial charge is 0.294 e. The highest BCUT2D eigenvalue weighted by molar-refractivity contribution is 7.99. The molecule has 1 unspecified atom stereocenters. The van der Waals surface area contributed by atoms with Crippen LogP contribution in [-0.4, -0.2) is 59.0 Å². The molecule has 2 heterocycles. The number of hydrogen-bond acceptors (Lipinski definition) is 7. The number of benzene rings is 2. The molecule has 0 aliphatic carbocycles. The van der Waals surface area contributed by atoms with Crippen LogP contribution < -0.4 is 4.72 Å². The van der Waals surface area contributed by atoms with E-state index in [0.29, 0.717) is 16.4 Å². The molecule has 1 aliphatic rings. The number of aromatic nitrogens is 3. The maximum atomic E-state index is 12.8. The summed E-state index contributed by atoms with van der Waals surface area (Å²) >= 11 is 1.35. The number of anilines is 1. The molecule has 3 aromatic rings. The van der Waals surface area contributed by atoms with Gasteiger partial charge in [0, 0.05) is 16.9 Å². The van der Waals surface area contributed by atoms with E-state index in [4.69, 9.17) is 0 Å². The molecule has 1 aromatic heterocycles. The van der Waals surface area contributed by atoms with Crippen molar-refractivity contribution in [3.63, 3.8) is 0 Å². The number of likely N-dealkylation sites (tertiary alicyclic amines) is 1. The second-order valence-corrected chi connectivity index (χ2v) is 11.1. The zero-order valence-corrected chi connectivity index (χ0v) is 21.0. The number of hydrogen-bond donors (Lipinski definition) is 1. The van der Waals surface area contributed by atoms with Crippen molar-refractivity contribution in [3.8, 4) is 5.69 Å². The van der Waals surface area contributed by atoms with Gasteiger partial charge < -0.3 is 0 Å². The molecule has 8 nitrogen and oxygen atoms in total. The van der Waals surface area contributed by atoms with Crippen molar-refractivity contribution in [1.82, 2.24) is 19.7 Å².